The molecule has 0 fully saturated rings. The van der Waals surface area contributed by atoms with E-state index in [0.29, 0.717) is 17.3 Å². The number of amides is 1. The number of fused-ring (bicyclic) bond motifs is 1. The lowest BCUT2D eigenvalue weighted by Crippen LogP contribution is -2.36. The van der Waals surface area contributed by atoms with Gasteiger partial charge in [-0.1, -0.05) is 12.1 Å². The average molecular weight is 363 g/mol. The van der Waals surface area contributed by atoms with E-state index in [2.05, 4.69) is 0 Å². The van der Waals surface area contributed by atoms with Crippen LogP contribution in [0.15, 0.2) is 47.4 Å². The molecule has 3 rings (SSSR count). The highest BCUT2D eigenvalue weighted by Crippen LogP contribution is 2.34. The lowest BCUT2D eigenvalue weighted by molar-refractivity contribution is -0.116. The van der Waals surface area contributed by atoms with Crippen molar-refractivity contribution in [3.63, 3.8) is 0 Å². The Labute approximate surface area is 149 Å². The van der Waals surface area contributed by atoms with Crippen LogP contribution in [0.3, 0.4) is 0 Å². The van der Waals surface area contributed by atoms with Crippen molar-refractivity contribution in [2.45, 2.75) is 10.6 Å². The first-order chi connectivity index (χ1) is 11.7. The molecule has 0 aliphatic carbocycles. The van der Waals surface area contributed by atoms with Crippen molar-refractivity contribution in [2.24, 2.45) is 0 Å². The smallest absolute Gasteiger partial charge is 0.237 e. The highest BCUT2D eigenvalue weighted by atomic mass is 32.2. The van der Waals surface area contributed by atoms with Gasteiger partial charge in [0.1, 0.15) is 11.6 Å². The maximum atomic E-state index is 13.4. The predicted molar refractivity (Wildman–Crippen MR) is 98.6 cm³/mol. The van der Waals surface area contributed by atoms with Gasteiger partial charge in [0, 0.05) is 28.5 Å². The van der Waals surface area contributed by atoms with E-state index in [9.17, 15) is 9.18 Å². The van der Waals surface area contributed by atoms with Crippen LogP contribution in [-0.4, -0.2) is 31.1 Å². The maximum absolute atomic E-state index is 13.4. The standard InChI is InChI=1S/C18H18FNO2S2/c1-22-16-7-6-14(19)10-13(16)11-23-12-18(21)20-8-9-24-17-5-3-2-4-15(17)20/h2-7,10H,8-9,11-12H2,1H3. The molecule has 0 atom stereocenters. The van der Waals surface area contributed by atoms with E-state index in [1.165, 1.54) is 23.9 Å². The number of thioether (sulfide) groups is 2. The summed E-state index contributed by atoms with van der Waals surface area (Å²) in [6, 6.07) is 12.4. The number of carbonyl (C=O) groups excluding carboxylic acids is 1. The van der Waals surface area contributed by atoms with Crippen LogP contribution in [0.2, 0.25) is 0 Å². The molecule has 2 aromatic rings. The van der Waals surface area contributed by atoms with E-state index >= 15 is 0 Å². The van der Waals surface area contributed by atoms with Crippen LogP contribution in [0.5, 0.6) is 5.75 Å². The summed E-state index contributed by atoms with van der Waals surface area (Å²) in [4.78, 5) is 15.6. The summed E-state index contributed by atoms with van der Waals surface area (Å²) in [6.07, 6.45) is 0. The summed E-state index contributed by atoms with van der Waals surface area (Å²) < 4.78 is 18.6. The van der Waals surface area contributed by atoms with Gasteiger partial charge in [-0.15, -0.1) is 23.5 Å². The normalized spacial score (nSPS) is 13.5. The summed E-state index contributed by atoms with van der Waals surface area (Å²) >= 11 is 3.25. The zero-order valence-corrected chi connectivity index (χ0v) is 15.0. The molecule has 1 heterocycles. The van der Waals surface area contributed by atoms with Gasteiger partial charge in [0.2, 0.25) is 5.91 Å². The summed E-state index contributed by atoms with van der Waals surface area (Å²) in [6.45, 7) is 0.727. The molecule has 1 aliphatic rings. The SMILES string of the molecule is COc1ccc(F)cc1CSCC(=O)N1CCSc2ccccc21. The van der Waals surface area contributed by atoms with Crippen molar-refractivity contribution >= 4 is 35.1 Å². The Morgan fingerprint density at radius 2 is 2.17 bits per heavy atom. The molecule has 24 heavy (non-hydrogen) atoms. The molecule has 126 valence electrons. The van der Waals surface area contributed by atoms with Crippen LogP contribution >= 0.6 is 23.5 Å². The Balaban J connectivity index is 1.62. The molecule has 0 spiro atoms. The number of hydrogen-bond acceptors (Lipinski definition) is 4. The predicted octanol–water partition coefficient (Wildman–Crippen LogP) is 4.21. The minimum Gasteiger partial charge on any atom is -0.496 e. The van der Waals surface area contributed by atoms with Crippen LogP contribution in [0.4, 0.5) is 10.1 Å². The second-order valence-electron chi connectivity index (χ2n) is 5.31. The quantitative estimate of drug-likeness (QED) is 0.796. The Hall–Kier alpha value is -1.66. The number of carbonyl (C=O) groups is 1. The number of ether oxygens (including phenoxy) is 1. The van der Waals surface area contributed by atoms with Gasteiger partial charge < -0.3 is 9.64 Å². The molecule has 1 aliphatic heterocycles. The van der Waals surface area contributed by atoms with Gasteiger partial charge in [0.05, 0.1) is 18.6 Å². The number of benzene rings is 2. The molecule has 0 aromatic heterocycles. The Bertz CT molecular complexity index is 739. The van der Waals surface area contributed by atoms with Gasteiger partial charge in [-0.3, -0.25) is 4.79 Å². The van der Waals surface area contributed by atoms with Crippen molar-refractivity contribution < 1.29 is 13.9 Å². The summed E-state index contributed by atoms with van der Waals surface area (Å²) in [5, 5.41) is 0. The maximum Gasteiger partial charge on any atom is 0.237 e. The van der Waals surface area contributed by atoms with Gasteiger partial charge in [-0.25, -0.2) is 4.39 Å². The highest BCUT2D eigenvalue weighted by Gasteiger charge is 2.22. The Morgan fingerprint density at radius 1 is 1.33 bits per heavy atom. The van der Waals surface area contributed by atoms with Crippen LogP contribution in [0.1, 0.15) is 5.56 Å². The fourth-order valence-corrected chi connectivity index (χ4v) is 4.49. The molecule has 0 saturated carbocycles. The van der Waals surface area contributed by atoms with E-state index < -0.39 is 0 Å². The number of anilines is 1. The van der Waals surface area contributed by atoms with Crippen molar-refractivity contribution in [1.29, 1.82) is 0 Å². The Morgan fingerprint density at radius 3 is 3.00 bits per heavy atom. The Kier molecular flexibility index (Phi) is 5.68. The zero-order chi connectivity index (χ0) is 16.9. The van der Waals surface area contributed by atoms with Crippen molar-refractivity contribution in [3.05, 3.63) is 53.8 Å². The third kappa shape index (κ3) is 3.87. The molecule has 0 unspecified atom stereocenters. The number of rotatable bonds is 5. The van der Waals surface area contributed by atoms with Crippen LogP contribution < -0.4 is 9.64 Å². The second-order valence-corrected chi connectivity index (χ2v) is 7.43. The fraction of sp³-hybridized carbons (Fsp3) is 0.278. The minimum atomic E-state index is -0.292. The minimum absolute atomic E-state index is 0.0862. The molecular weight excluding hydrogens is 345 g/mol. The fourth-order valence-electron chi connectivity index (χ4n) is 2.61. The summed E-state index contributed by atoms with van der Waals surface area (Å²) in [5.74, 6) is 2.25. The van der Waals surface area contributed by atoms with E-state index in [1.54, 1.807) is 24.9 Å². The molecular formula is C18H18FNO2S2. The third-order valence-electron chi connectivity index (χ3n) is 3.76. The molecule has 6 heteroatoms. The van der Waals surface area contributed by atoms with Crippen LogP contribution in [-0.2, 0) is 10.5 Å². The molecule has 2 aromatic carbocycles. The number of halogens is 1. The number of para-hydroxylation sites is 1. The summed E-state index contributed by atoms with van der Waals surface area (Å²) in [7, 11) is 1.56. The summed E-state index contributed by atoms with van der Waals surface area (Å²) in [5.41, 5.74) is 1.76. The van der Waals surface area contributed by atoms with E-state index in [0.717, 1.165) is 28.4 Å². The highest BCUT2D eigenvalue weighted by molar-refractivity contribution is 7.99. The van der Waals surface area contributed by atoms with Gasteiger partial charge in [0.25, 0.3) is 0 Å². The topological polar surface area (TPSA) is 29.5 Å². The zero-order valence-electron chi connectivity index (χ0n) is 13.3. The lowest BCUT2D eigenvalue weighted by Gasteiger charge is -2.28. The molecule has 1 amide bonds. The average Bonchev–Trinajstić information content (AvgIpc) is 2.61. The number of methoxy groups -OCH3 is 1. The molecule has 0 N–H and O–H groups in total. The largest absolute Gasteiger partial charge is 0.496 e. The molecule has 0 saturated heterocycles. The monoisotopic (exact) mass is 363 g/mol. The van der Waals surface area contributed by atoms with Gasteiger partial charge in [-0.05, 0) is 30.3 Å². The van der Waals surface area contributed by atoms with E-state index in [4.69, 9.17) is 4.74 Å². The molecule has 0 radical (unpaired) electrons. The number of nitrogens with zero attached hydrogens (tertiary/aromatic N) is 1. The van der Waals surface area contributed by atoms with Crippen LogP contribution in [0.25, 0.3) is 0 Å². The van der Waals surface area contributed by atoms with Gasteiger partial charge in [0.15, 0.2) is 0 Å². The van der Waals surface area contributed by atoms with E-state index in [1.807, 2.05) is 29.2 Å². The first-order valence-electron chi connectivity index (χ1n) is 7.61. The second kappa shape index (κ2) is 7.94. The first kappa shape index (κ1) is 17.2. The molecule has 0 bridgehead atoms. The lowest BCUT2D eigenvalue weighted by atomic mass is 10.2. The van der Waals surface area contributed by atoms with Crippen molar-refractivity contribution in [2.75, 3.05) is 30.1 Å². The van der Waals surface area contributed by atoms with Crippen LogP contribution in [0, 0.1) is 5.82 Å². The van der Waals surface area contributed by atoms with Gasteiger partial charge in [-0.2, -0.15) is 0 Å². The van der Waals surface area contributed by atoms with Crippen molar-refractivity contribution in [1.82, 2.24) is 0 Å². The third-order valence-corrected chi connectivity index (χ3v) is 5.76. The van der Waals surface area contributed by atoms with E-state index in [-0.39, 0.29) is 11.7 Å². The van der Waals surface area contributed by atoms with Gasteiger partial charge >= 0.3 is 0 Å². The van der Waals surface area contributed by atoms with Crippen molar-refractivity contribution in [3.8, 4) is 5.75 Å². The molecule has 3 nitrogen and oxygen atoms in total. The number of hydrogen-bond donors (Lipinski definition) is 0. The first-order valence-corrected chi connectivity index (χ1v) is 9.75.